The van der Waals surface area contributed by atoms with Crippen LogP contribution in [0.5, 0.6) is 0 Å². The van der Waals surface area contributed by atoms with Crippen molar-refractivity contribution in [2.75, 3.05) is 6.61 Å². The maximum Gasteiger partial charge on any atom is 0.194 e. The molecule has 0 amide bonds. The van der Waals surface area contributed by atoms with Crippen LogP contribution in [0.25, 0.3) is 10.7 Å². The summed E-state index contributed by atoms with van der Waals surface area (Å²) in [7, 11) is 0. The van der Waals surface area contributed by atoms with Gasteiger partial charge in [-0.15, -0.1) is 16.4 Å². The van der Waals surface area contributed by atoms with Crippen molar-refractivity contribution >= 4 is 44.7 Å². The van der Waals surface area contributed by atoms with E-state index in [1.165, 1.54) is 37.0 Å². The maximum atomic E-state index is 13.1. The minimum atomic E-state index is -0.0828. The Morgan fingerprint density at radius 1 is 1.20 bits per heavy atom. The van der Waals surface area contributed by atoms with E-state index in [1.807, 2.05) is 6.07 Å². The number of hydrogen-bond donors (Lipinski definition) is 0. The molecule has 156 valence electrons. The molecule has 1 saturated carbocycles. The highest BCUT2D eigenvalue weighted by Crippen LogP contribution is 2.40. The Morgan fingerprint density at radius 2 is 1.97 bits per heavy atom. The summed E-state index contributed by atoms with van der Waals surface area (Å²) in [4.78, 5) is 18.3. The predicted octanol–water partition coefficient (Wildman–Crippen LogP) is 6.38. The lowest BCUT2D eigenvalue weighted by Gasteiger charge is -2.28. The molecule has 30 heavy (non-hydrogen) atoms. The van der Waals surface area contributed by atoms with Gasteiger partial charge in [0.25, 0.3) is 0 Å². The molecule has 2 fully saturated rings. The van der Waals surface area contributed by atoms with E-state index in [0.29, 0.717) is 27.9 Å². The fourth-order valence-electron chi connectivity index (χ4n) is 3.98. The number of nitrogens with zero attached hydrogens (tertiary/aromatic N) is 3. The average Bonchev–Trinajstić information content (AvgIpc) is 3.27. The number of benzene rings is 1. The number of thiophene rings is 1. The Morgan fingerprint density at radius 3 is 2.67 bits per heavy atom. The zero-order valence-electron chi connectivity index (χ0n) is 16.3. The smallest absolute Gasteiger partial charge is 0.194 e. The number of rotatable bonds is 6. The summed E-state index contributed by atoms with van der Waals surface area (Å²) >= 11 is 10.9. The first-order chi connectivity index (χ1) is 14.6. The first kappa shape index (κ1) is 20.4. The van der Waals surface area contributed by atoms with E-state index in [4.69, 9.17) is 16.3 Å². The Balaban J connectivity index is 1.34. The monoisotopic (exact) mass is 505 g/mol. The second-order valence-electron chi connectivity index (χ2n) is 8.09. The van der Waals surface area contributed by atoms with Crippen LogP contribution < -0.4 is 0 Å². The van der Waals surface area contributed by atoms with Gasteiger partial charge in [0, 0.05) is 16.1 Å². The minimum absolute atomic E-state index is 0.0724. The molecule has 0 radical (unpaired) electrons. The van der Waals surface area contributed by atoms with Gasteiger partial charge in [0.15, 0.2) is 17.8 Å². The summed E-state index contributed by atoms with van der Waals surface area (Å²) in [6.45, 7) is 0.793. The molecule has 8 heteroatoms. The Labute approximate surface area is 192 Å². The molecular weight excluding hydrogens is 486 g/mol. The second-order valence-corrected chi connectivity index (χ2v) is 11.0. The van der Waals surface area contributed by atoms with Crippen molar-refractivity contribution in [3.63, 3.8) is 0 Å². The summed E-state index contributed by atoms with van der Waals surface area (Å²) in [5, 5.41) is 5.27. The fourth-order valence-corrected chi connectivity index (χ4v) is 5.64. The number of halogens is 2. The Kier molecular flexibility index (Phi) is 5.79. The molecule has 1 aromatic carbocycles. The van der Waals surface area contributed by atoms with Crippen LogP contribution in [-0.4, -0.2) is 27.2 Å². The van der Waals surface area contributed by atoms with E-state index >= 15 is 0 Å². The molecule has 3 aromatic rings. The van der Waals surface area contributed by atoms with Crippen molar-refractivity contribution in [2.45, 2.75) is 38.3 Å². The van der Waals surface area contributed by atoms with Gasteiger partial charge in [-0.1, -0.05) is 24.4 Å². The van der Waals surface area contributed by atoms with Crippen molar-refractivity contribution in [3.8, 4) is 10.7 Å². The van der Waals surface area contributed by atoms with Gasteiger partial charge in [-0.2, -0.15) is 0 Å². The van der Waals surface area contributed by atoms with Gasteiger partial charge in [-0.25, -0.2) is 9.67 Å². The third-order valence-corrected chi connectivity index (χ3v) is 7.66. The Bertz CT molecular complexity index is 1050. The van der Waals surface area contributed by atoms with Crippen LogP contribution in [0.1, 0.15) is 54.3 Å². The number of hydrogen-bond acceptors (Lipinski definition) is 5. The molecule has 1 saturated heterocycles. The summed E-state index contributed by atoms with van der Waals surface area (Å²) in [5.74, 6) is 2.08. The van der Waals surface area contributed by atoms with E-state index < -0.39 is 0 Å². The SMILES string of the molecule is O=C(c1ccc(Cl)cc1)c1cc(Br)sc1-c1ncn(C2CCC(CC3CC3)CO2)n1. The minimum Gasteiger partial charge on any atom is -0.356 e. The van der Waals surface area contributed by atoms with Crippen LogP contribution in [0.15, 0.2) is 40.4 Å². The van der Waals surface area contributed by atoms with Crippen LogP contribution in [0, 0.1) is 11.8 Å². The van der Waals surface area contributed by atoms with Crippen LogP contribution in [0.2, 0.25) is 5.02 Å². The van der Waals surface area contributed by atoms with E-state index in [1.54, 1.807) is 35.3 Å². The Hall–Kier alpha value is -1.54. The lowest BCUT2D eigenvalue weighted by atomic mass is 9.95. The van der Waals surface area contributed by atoms with Crippen molar-refractivity contribution in [2.24, 2.45) is 11.8 Å². The van der Waals surface area contributed by atoms with E-state index in [2.05, 4.69) is 26.0 Å². The summed E-state index contributed by atoms with van der Waals surface area (Å²) < 4.78 is 8.76. The standard InChI is InChI=1S/C22H21BrClN3O2S/c23-18-10-17(20(28)15-4-6-16(24)7-5-15)21(30-18)22-25-12-27(26-22)19-8-3-14(11-29-19)9-13-1-2-13/h4-7,10,12-14,19H,1-3,8-9,11H2. The van der Waals surface area contributed by atoms with Crippen molar-refractivity contribution in [3.05, 3.63) is 56.6 Å². The van der Waals surface area contributed by atoms with E-state index in [0.717, 1.165) is 27.6 Å². The van der Waals surface area contributed by atoms with E-state index in [-0.39, 0.29) is 12.0 Å². The molecular formula is C22H21BrClN3O2S. The number of ketones is 1. The third kappa shape index (κ3) is 4.40. The number of ether oxygens (including phenoxy) is 1. The maximum absolute atomic E-state index is 13.1. The summed E-state index contributed by atoms with van der Waals surface area (Å²) in [6.07, 6.45) is 7.83. The van der Waals surface area contributed by atoms with Gasteiger partial charge in [0.05, 0.1) is 15.3 Å². The molecule has 1 aliphatic heterocycles. The van der Waals surface area contributed by atoms with Gasteiger partial charge in [-0.3, -0.25) is 4.79 Å². The predicted molar refractivity (Wildman–Crippen MR) is 121 cm³/mol. The summed E-state index contributed by atoms with van der Waals surface area (Å²) in [5.41, 5.74) is 1.17. The molecule has 2 unspecified atom stereocenters. The highest BCUT2D eigenvalue weighted by molar-refractivity contribution is 9.11. The molecule has 2 atom stereocenters. The quantitative estimate of drug-likeness (QED) is 0.364. The lowest BCUT2D eigenvalue weighted by molar-refractivity contribution is -0.0676. The van der Waals surface area contributed by atoms with Crippen molar-refractivity contribution < 1.29 is 9.53 Å². The molecule has 0 N–H and O–H groups in total. The number of carbonyl (C=O) groups is 1. The molecule has 0 bridgehead atoms. The van der Waals surface area contributed by atoms with Crippen molar-refractivity contribution in [1.82, 2.24) is 14.8 Å². The van der Waals surface area contributed by atoms with Crippen LogP contribution in [0.3, 0.4) is 0 Å². The van der Waals surface area contributed by atoms with Gasteiger partial charge < -0.3 is 4.74 Å². The molecule has 3 heterocycles. The molecule has 5 nitrogen and oxygen atoms in total. The first-order valence-electron chi connectivity index (χ1n) is 10.2. The van der Waals surface area contributed by atoms with Crippen LogP contribution in [-0.2, 0) is 4.74 Å². The average molecular weight is 507 g/mol. The summed E-state index contributed by atoms with van der Waals surface area (Å²) in [6, 6.07) is 8.75. The van der Waals surface area contributed by atoms with Gasteiger partial charge in [-0.05, 0) is 77.4 Å². The normalized spacial score (nSPS) is 21.7. The number of carbonyl (C=O) groups excluding carboxylic acids is 1. The second kappa shape index (κ2) is 8.54. The molecule has 2 aromatic heterocycles. The largest absolute Gasteiger partial charge is 0.356 e. The van der Waals surface area contributed by atoms with Crippen molar-refractivity contribution in [1.29, 1.82) is 0 Å². The van der Waals surface area contributed by atoms with E-state index in [9.17, 15) is 4.79 Å². The van der Waals surface area contributed by atoms with Crippen LogP contribution in [0.4, 0.5) is 0 Å². The van der Waals surface area contributed by atoms with Gasteiger partial charge in [0.2, 0.25) is 0 Å². The first-order valence-corrected chi connectivity index (χ1v) is 12.2. The zero-order valence-corrected chi connectivity index (χ0v) is 19.4. The highest BCUT2D eigenvalue weighted by Gasteiger charge is 2.30. The van der Waals surface area contributed by atoms with Crippen LogP contribution >= 0.6 is 38.9 Å². The fraction of sp³-hybridized carbons (Fsp3) is 0.409. The zero-order chi connectivity index (χ0) is 20.7. The molecule has 1 aliphatic carbocycles. The topological polar surface area (TPSA) is 57.0 Å². The molecule has 5 rings (SSSR count). The third-order valence-electron chi connectivity index (χ3n) is 5.77. The number of aromatic nitrogens is 3. The molecule has 0 spiro atoms. The highest BCUT2D eigenvalue weighted by atomic mass is 79.9. The molecule has 2 aliphatic rings. The van der Waals surface area contributed by atoms with Gasteiger partial charge >= 0.3 is 0 Å². The lowest BCUT2D eigenvalue weighted by Crippen LogP contribution is -2.25. The van der Waals surface area contributed by atoms with Gasteiger partial charge in [0.1, 0.15) is 6.33 Å².